The lowest BCUT2D eigenvalue weighted by molar-refractivity contribution is -0.384. The smallest absolute Gasteiger partial charge is 0.277 e. The molecule has 2 aromatic carbocycles. The number of carbonyl (C=O) groups is 1. The molecule has 0 aliphatic heterocycles. The van der Waals surface area contributed by atoms with Gasteiger partial charge in [-0.25, -0.2) is 0 Å². The van der Waals surface area contributed by atoms with Gasteiger partial charge in [-0.05, 0) is 30.3 Å². The van der Waals surface area contributed by atoms with Gasteiger partial charge in [-0.1, -0.05) is 35.0 Å². The van der Waals surface area contributed by atoms with E-state index in [9.17, 15) is 14.9 Å². The van der Waals surface area contributed by atoms with Gasteiger partial charge in [-0.2, -0.15) is 0 Å². The Labute approximate surface area is 167 Å². The van der Waals surface area contributed by atoms with Crippen LogP contribution in [-0.4, -0.2) is 26.8 Å². The van der Waals surface area contributed by atoms with Gasteiger partial charge in [0.2, 0.25) is 11.8 Å². The first kappa shape index (κ1) is 19.2. The zero-order valence-corrected chi connectivity index (χ0v) is 15.7. The number of nitro benzene ring substituents is 1. The second-order valence-corrected chi connectivity index (χ2v) is 6.91. The van der Waals surface area contributed by atoms with Crippen LogP contribution in [0.5, 0.6) is 0 Å². The number of non-ortho nitro benzene ring substituents is 1. The summed E-state index contributed by atoms with van der Waals surface area (Å²) in [6, 6.07) is 10.4. The monoisotopic (exact) mass is 424 g/mol. The fourth-order valence-electron chi connectivity index (χ4n) is 2.02. The zero-order valence-electron chi connectivity index (χ0n) is 13.4. The SMILES string of the molecule is O=C(CSc1nnc(-c2ccc([N+](=O)[O-])cc2)o1)Nc1cc(Cl)ccc1Cl. The fourth-order valence-corrected chi connectivity index (χ4v) is 2.92. The van der Waals surface area contributed by atoms with E-state index in [1.165, 1.54) is 24.3 Å². The summed E-state index contributed by atoms with van der Waals surface area (Å²) in [6.07, 6.45) is 0. The average molecular weight is 425 g/mol. The molecular weight excluding hydrogens is 415 g/mol. The number of nitrogens with one attached hydrogen (secondary N) is 1. The summed E-state index contributed by atoms with van der Waals surface area (Å²) < 4.78 is 5.46. The largest absolute Gasteiger partial charge is 0.411 e. The molecule has 0 unspecified atom stereocenters. The molecular formula is C16H10Cl2N4O4S. The van der Waals surface area contributed by atoms with Gasteiger partial charge in [-0.3, -0.25) is 14.9 Å². The van der Waals surface area contributed by atoms with Crippen molar-refractivity contribution in [2.24, 2.45) is 0 Å². The minimum absolute atomic E-state index is 0.0186. The van der Waals surface area contributed by atoms with Crippen LogP contribution in [0.3, 0.4) is 0 Å². The average Bonchev–Trinajstić information content (AvgIpc) is 3.12. The third-order valence-corrected chi connectivity index (χ3v) is 4.64. The molecule has 0 saturated heterocycles. The molecule has 3 aromatic rings. The maximum Gasteiger partial charge on any atom is 0.277 e. The molecule has 0 bridgehead atoms. The lowest BCUT2D eigenvalue weighted by atomic mass is 10.2. The Morgan fingerprint density at radius 2 is 1.93 bits per heavy atom. The summed E-state index contributed by atoms with van der Waals surface area (Å²) in [5, 5.41) is 22.0. The fraction of sp³-hybridized carbons (Fsp3) is 0.0625. The molecule has 0 aliphatic rings. The number of thioether (sulfide) groups is 1. The standard InChI is InChI=1S/C16H10Cl2N4O4S/c17-10-3-6-12(18)13(7-10)19-14(23)8-27-16-21-20-15(26-16)9-1-4-11(5-2-9)22(24)25/h1-7H,8H2,(H,19,23). The van der Waals surface area contributed by atoms with Crippen LogP contribution in [0.15, 0.2) is 52.1 Å². The van der Waals surface area contributed by atoms with Crippen LogP contribution < -0.4 is 5.32 Å². The van der Waals surface area contributed by atoms with Gasteiger partial charge in [0.05, 0.1) is 21.4 Å². The first-order valence-corrected chi connectivity index (χ1v) is 9.12. The van der Waals surface area contributed by atoms with E-state index < -0.39 is 4.92 Å². The van der Waals surface area contributed by atoms with E-state index in [2.05, 4.69) is 15.5 Å². The Morgan fingerprint density at radius 1 is 1.19 bits per heavy atom. The topological polar surface area (TPSA) is 111 Å². The summed E-state index contributed by atoms with van der Waals surface area (Å²) in [6.45, 7) is 0. The van der Waals surface area contributed by atoms with Gasteiger partial charge >= 0.3 is 0 Å². The number of anilines is 1. The predicted molar refractivity (Wildman–Crippen MR) is 102 cm³/mol. The van der Waals surface area contributed by atoms with Crippen LogP contribution in [-0.2, 0) is 4.79 Å². The Bertz CT molecular complexity index is 994. The minimum Gasteiger partial charge on any atom is -0.411 e. The van der Waals surface area contributed by atoms with Crippen LogP contribution in [0.4, 0.5) is 11.4 Å². The lowest BCUT2D eigenvalue weighted by Gasteiger charge is -2.06. The van der Waals surface area contributed by atoms with Crippen molar-refractivity contribution in [2.45, 2.75) is 5.22 Å². The van der Waals surface area contributed by atoms with Crippen LogP contribution >= 0.6 is 35.0 Å². The van der Waals surface area contributed by atoms with Gasteiger partial charge in [-0.15, -0.1) is 10.2 Å². The quantitative estimate of drug-likeness (QED) is 0.347. The van der Waals surface area contributed by atoms with Crippen molar-refractivity contribution in [3.63, 3.8) is 0 Å². The van der Waals surface area contributed by atoms with Crippen molar-refractivity contribution in [3.05, 3.63) is 62.6 Å². The van der Waals surface area contributed by atoms with E-state index in [-0.39, 0.29) is 28.5 Å². The third kappa shape index (κ3) is 4.97. The lowest BCUT2D eigenvalue weighted by Crippen LogP contribution is -2.14. The van der Waals surface area contributed by atoms with Crippen LogP contribution in [0.2, 0.25) is 10.0 Å². The van der Waals surface area contributed by atoms with Crippen molar-refractivity contribution in [2.75, 3.05) is 11.1 Å². The molecule has 1 N–H and O–H groups in total. The van der Waals surface area contributed by atoms with Crippen LogP contribution in [0, 0.1) is 10.1 Å². The Kier molecular flexibility index (Phi) is 5.94. The van der Waals surface area contributed by atoms with Crippen LogP contribution in [0.25, 0.3) is 11.5 Å². The molecule has 0 spiro atoms. The minimum atomic E-state index is -0.496. The molecule has 1 heterocycles. The van der Waals surface area contributed by atoms with Crippen molar-refractivity contribution in [3.8, 4) is 11.5 Å². The van der Waals surface area contributed by atoms with Crippen LogP contribution in [0.1, 0.15) is 0 Å². The first-order valence-electron chi connectivity index (χ1n) is 7.38. The van der Waals surface area contributed by atoms with E-state index >= 15 is 0 Å². The molecule has 138 valence electrons. The molecule has 0 fully saturated rings. The zero-order chi connectivity index (χ0) is 19.4. The van der Waals surface area contributed by atoms with Gasteiger partial charge in [0.15, 0.2) is 0 Å². The van der Waals surface area contributed by atoms with Crippen molar-refractivity contribution >= 4 is 52.2 Å². The van der Waals surface area contributed by atoms with Gasteiger partial charge < -0.3 is 9.73 Å². The van der Waals surface area contributed by atoms with Crippen molar-refractivity contribution < 1.29 is 14.1 Å². The summed E-state index contributed by atoms with van der Waals surface area (Å²) in [5.41, 5.74) is 0.909. The van der Waals surface area contributed by atoms with Gasteiger partial charge in [0.1, 0.15) is 0 Å². The predicted octanol–water partition coefficient (Wildman–Crippen LogP) is 4.68. The second-order valence-electron chi connectivity index (χ2n) is 5.14. The summed E-state index contributed by atoms with van der Waals surface area (Å²) in [5.74, 6) is -0.102. The van der Waals surface area contributed by atoms with E-state index in [0.29, 0.717) is 21.3 Å². The highest BCUT2D eigenvalue weighted by Gasteiger charge is 2.13. The van der Waals surface area contributed by atoms with Crippen molar-refractivity contribution in [1.29, 1.82) is 0 Å². The molecule has 11 heteroatoms. The number of hydrogen-bond acceptors (Lipinski definition) is 7. The number of aromatic nitrogens is 2. The van der Waals surface area contributed by atoms with E-state index in [1.807, 2.05) is 0 Å². The number of benzene rings is 2. The molecule has 0 saturated carbocycles. The van der Waals surface area contributed by atoms with E-state index in [4.69, 9.17) is 27.6 Å². The van der Waals surface area contributed by atoms with Gasteiger partial charge in [0, 0.05) is 22.7 Å². The highest BCUT2D eigenvalue weighted by molar-refractivity contribution is 7.99. The summed E-state index contributed by atoms with van der Waals surface area (Å²) >= 11 is 12.9. The molecule has 0 radical (unpaired) electrons. The number of halogens is 2. The van der Waals surface area contributed by atoms with Gasteiger partial charge in [0.25, 0.3) is 10.9 Å². The normalized spacial score (nSPS) is 10.6. The number of hydrogen-bond donors (Lipinski definition) is 1. The molecule has 0 atom stereocenters. The highest BCUT2D eigenvalue weighted by Crippen LogP contribution is 2.27. The summed E-state index contributed by atoms with van der Waals surface area (Å²) in [7, 11) is 0. The molecule has 8 nitrogen and oxygen atoms in total. The first-order chi connectivity index (χ1) is 12.9. The van der Waals surface area contributed by atoms with E-state index in [1.54, 1.807) is 18.2 Å². The number of carbonyl (C=O) groups excluding carboxylic acids is 1. The maximum atomic E-state index is 12.0. The Morgan fingerprint density at radius 3 is 2.63 bits per heavy atom. The second kappa shape index (κ2) is 8.38. The molecule has 1 amide bonds. The number of rotatable bonds is 6. The molecule has 1 aromatic heterocycles. The molecule has 3 rings (SSSR count). The van der Waals surface area contributed by atoms with E-state index in [0.717, 1.165) is 11.8 Å². The number of nitro groups is 1. The molecule has 0 aliphatic carbocycles. The highest BCUT2D eigenvalue weighted by atomic mass is 35.5. The third-order valence-electron chi connectivity index (χ3n) is 3.26. The molecule has 27 heavy (non-hydrogen) atoms. The number of amides is 1. The Hall–Kier alpha value is -2.62. The summed E-state index contributed by atoms with van der Waals surface area (Å²) in [4.78, 5) is 22.2. The number of nitrogens with zero attached hydrogens (tertiary/aromatic N) is 3. The maximum absolute atomic E-state index is 12.0. The van der Waals surface area contributed by atoms with Crippen molar-refractivity contribution in [1.82, 2.24) is 10.2 Å². The Balaban J connectivity index is 1.60.